The number of likely N-dealkylation sites (tertiary alicyclic amines) is 1. The van der Waals surface area contributed by atoms with Crippen LogP contribution in [0.25, 0.3) is 0 Å². The lowest BCUT2D eigenvalue weighted by Crippen LogP contribution is -2.44. The second-order valence-electron chi connectivity index (χ2n) is 5.34. The van der Waals surface area contributed by atoms with E-state index in [9.17, 15) is 4.79 Å². The van der Waals surface area contributed by atoms with Crippen molar-refractivity contribution >= 4 is 5.91 Å². The van der Waals surface area contributed by atoms with Crippen molar-refractivity contribution in [3.63, 3.8) is 0 Å². The molecule has 1 amide bonds. The van der Waals surface area contributed by atoms with Crippen LogP contribution in [0, 0.1) is 0 Å². The van der Waals surface area contributed by atoms with Crippen LogP contribution in [0.5, 0.6) is 0 Å². The number of ether oxygens (including phenoxy) is 1. The predicted octanol–water partition coefficient (Wildman–Crippen LogP) is 1.50. The van der Waals surface area contributed by atoms with Gasteiger partial charge in [0.25, 0.3) is 0 Å². The lowest BCUT2D eigenvalue weighted by Gasteiger charge is -2.35. The van der Waals surface area contributed by atoms with Gasteiger partial charge in [0.2, 0.25) is 5.91 Å². The van der Waals surface area contributed by atoms with Gasteiger partial charge in [-0.1, -0.05) is 13.3 Å². The number of carbonyl (C=O) groups excluding carboxylic acids is 1. The molecular weight excluding hydrogens is 228 g/mol. The van der Waals surface area contributed by atoms with E-state index in [0.29, 0.717) is 31.6 Å². The molecule has 1 unspecified atom stereocenters. The van der Waals surface area contributed by atoms with Crippen LogP contribution in [-0.4, -0.2) is 61.1 Å². The average Bonchev–Trinajstić information content (AvgIpc) is 2.46. The maximum absolute atomic E-state index is 12.1. The Morgan fingerprint density at radius 3 is 2.72 bits per heavy atom. The number of amides is 1. The summed E-state index contributed by atoms with van der Waals surface area (Å²) in [7, 11) is 0. The molecule has 0 aromatic rings. The summed E-state index contributed by atoms with van der Waals surface area (Å²) in [5.41, 5.74) is 0. The minimum atomic E-state index is 0.304. The molecule has 0 aliphatic carbocycles. The second-order valence-corrected chi connectivity index (χ2v) is 5.34. The normalized spacial score (nSPS) is 26.3. The molecular formula is C14H26N2O2. The quantitative estimate of drug-likeness (QED) is 0.762. The zero-order valence-electron chi connectivity index (χ0n) is 11.6. The molecule has 4 nitrogen and oxygen atoms in total. The minimum Gasteiger partial charge on any atom is -0.378 e. The molecule has 4 heteroatoms. The van der Waals surface area contributed by atoms with Gasteiger partial charge < -0.3 is 9.64 Å². The van der Waals surface area contributed by atoms with E-state index in [1.54, 1.807) is 0 Å². The molecule has 2 aliphatic heterocycles. The first-order valence-corrected chi connectivity index (χ1v) is 7.41. The number of rotatable bonds is 4. The van der Waals surface area contributed by atoms with Crippen LogP contribution in [0.4, 0.5) is 0 Å². The molecule has 0 saturated carbocycles. The van der Waals surface area contributed by atoms with Crippen molar-refractivity contribution in [3.05, 3.63) is 0 Å². The van der Waals surface area contributed by atoms with Gasteiger partial charge in [-0.25, -0.2) is 0 Å². The smallest absolute Gasteiger partial charge is 0.224 e. The van der Waals surface area contributed by atoms with Gasteiger partial charge in [0, 0.05) is 32.1 Å². The molecule has 2 rings (SSSR count). The van der Waals surface area contributed by atoms with Crippen LogP contribution >= 0.6 is 0 Å². The Kier molecular flexibility index (Phi) is 5.45. The Morgan fingerprint density at radius 2 is 2.00 bits per heavy atom. The van der Waals surface area contributed by atoms with E-state index in [0.717, 1.165) is 19.6 Å². The monoisotopic (exact) mass is 254 g/mol. The van der Waals surface area contributed by atoms with Crippen molar-refractivity contribution in [2.45, 2.75) is 45.1 Å². The SMILES string of the molecule is CCC1CCCCN1CCC(=O)N1CCOCC1. The molecule has 1 atom stereocenters. The van der Waals surface area contributed by atoms with Gasteiger partial charge in [-0.05, 0) is 25.8 Å². The highest BCUT2D eigenvalue weighted by molar-refractivity contribution is 5.76. The minimum absolute atomic E-state index is 0.304. The summed E-state index contributed by atoms with van der Waals surface area (Å²) in [6.07, 6.45) is 5.85. The molecule has 0 radical (unpaired) electrons. The van der Waals surface area contributed by atoms with E-state index >= 15 is 0 Å². The first-order chi connectivity index (χ1) is 8.81. The fourth-order valence-electron chi connectivity index (χ4n) is 3.03. The van der Waals surface area contributed by atoms with Crippen LogP contribution in [-0.2, 0) is 9.53 Å². The molecule has 0 aromatic carbocycles. The average molecular weight is 254 g/mol. The highest BCUT2D eigenvalue weighted by Gasteiger charge is 2.23. The molecule has 104 valence electrons. The Morgan fingerprint density at radius 1 is 1.22 bits per heavy atom. The van der Waals surface area contributed by atoms with Crippen molar-refractivity contribution in [2.24, 2.45) is 0 Å². The summed E-state index contributed by atoms with van der Waals surface area (Å²) in [5.74, 6) is 0.304. The molecule has 0 spiro atoms. The van der Waals surface area contributed by atoms with Gasteiger partial charge >= 0.3 is 0 Å². The van der Waals surface area contributed by atoms with Gasteiger partial charge in [0.05, 0.1) is 13.2 Å². The standard InChI is InChI=1S/C14H26N2O2/c1-2-13-5-3-4-7-15(13)8-6-14(17)16-9-11-18-12-10-16/h13H,2-12H2,1H3. The highest BCUT2D eigenvalue weighted by Crippen LogP contribution is 2.19. The van der Waals surface area contributed by atoms with Gasteiger partial charge in [0.1, 0.15) is 0 Å². The largest absolute Gasteiger partial charge is 0.378 e. The highest BCUT2D eigenvalue weighted by atomic mass is 16.5. The number of morpholine rings is 1. The van der Waals surface area contributed by atoms with Crippen molar-refractivity contribution < 1.29 is 9.53 Å². The van der Waals surface area contributed by atoms with Gasteiger partial charge in [-0.2, -0.15) is 0 Å². The van der Waals surface area contributed by atoms with E-state index < -0.39 is 0 Å². The Labute approximate surface area is 110 Å². The van der Waals surface area contributed by atoms with Crippen LogP contribution in [0.15, 0.2) is 0 Å². The Hall–Kier alpha value is -0.610. The molecule has 2 aliphatic rings. The van der Waals surface area contributed by atoms with Crippen LogP contribution < -0.4 is 0 Å². The first kappa shape index (κ1) is 13.8. The number of hydrogen-bond donors (Lipinski definition) is 0. The first-order valence-electron chi connectivity index (χ1n) is 7.41. The number of carbonyl (C=O) groups is 1. The van der Waals surface area contributed by atoms with Crippen molar-refractivity contribution in [1.29, 1.82) is 0 Å². The number of hydrogen-bond acceptors (Lipinski definition) is 3. The molecule has 18 heavy (non-hydrogen) atoms. The number of nitrogens with zero attached hydrogens (tertiary/aromatic N) is 2. The fourth-order valence-corrected chi connectivity index (χ4v) is 3.03. The van der Waals surface area contributed by atoms with Gasteiger partial charge in [-0.3, -0.25) is 9.69 Å². The lowest BCUT2D eigenvalue weighted by atomic mass is 10.00. The lowest BCUT2D eigenvalue weighted by molar-refractivity contribution is -0.135. The summed E-state index contributed by atoms with van der Waals surface area (Å²) < 4.78 is 5.27. The van der Waals surface area contributed by atoms with Gasteiger partial charge in [0.15, 0.2) is 0 Å². The van der Waals surface area contributed by atoms with E-state index in [1.165, 1.54) is 32.2 Å². The van der Waals surface area contributed by atoms with E-state index in [-0.39, 0.29) is 0 Å². The van der Waals surface area contributed by atoms with Crippen molar-refractivity contribution in [1.82, 2.24) is 9.80 Å². The van der Waals surface area contributed by atoms with Crippen LogP contribution in [0.3, 0.4) is 0 Å². The Bertz CT molecular complexity index is 265. The summed E-state index contributed by atoms with van der Waals surface area (Å²) in [4.78, 5) is 16.5. The summed E-state index contributed by atoms with van der Waals surface area (Å²) in [6.45, 7) is 7.32. The molecule has 0 N–H and O–H groups in total. The summed E-state index contributed by atoms with van der Waals surface area (Å²) in [6, 6.07) is 0.705. The third-order valence-electron chi connectivity index (χ3n) is 4.20. The number of piperidine rings is 1. The van der Waals surface area contributed by atoms with E-state index in [1.807, 2.05) is 4.90 Å². The maximum Gasteiger partial charge on any atom is 0.224 e. The third kappa shape index (κ3) is 3.69. The zero-order valence-corrected chi connectivity index (χ0v) is 11.6. The van der Waals surface area contributed by atoms with Crippen LogP contribution in [0.1, 0.15) is 39.0 Å². The van der Waals surface area contributed by atoms with Crippen molar-refractivity contribution in [2.75, 3.05) is 39.4 Å². The van der Waals surface area contributed by atoms with E-state index in [2.05, 4.69) is 11.8 Å². The topological polar surface area (TPSA) is 32.8 Å². The molecule has 2 saturated heterocycles. The predicted molar refractivity (Wildman–Crippen MR) is 71.5 cm³/mol. The second kappa shape index (κ2) is 7.10. The Balaban J connectivity index is 1.73. The van der Waals surface area contributed by atoms with Crippen LogP contribution in [0.2, 0.25) is 0 Å². The summed E-state index contributed by atoms with van der Waals surface area (Å²) >= 11 is 0. The maximum atomic E-state index is 12.1. The van der Waals surface area contributed by atoms with Crippen molar-refractivity contribution in [3.8, 4) is 0 Å². The zero-order chi connectivity index (χ0) is 12.8. The third-order valence-corrected chi connectivity index (χ3v) is 4.20. The molecule has 0 bridgehead atoms. The molecule has 0 aromatic heterocycles. The van der Waals surface area contributed by atoms with Gasteiger partial charge in [-0.15, -0.1) is 0 Å². The summed E-state index contributed by atoms with van der Waals surface area (Å²) in [5, 5.41) is 0. The molecule has 2 heterocycles. The fraction of sp³-hybridized carbons (Fsp3) is 0.929. The molecule has 2 fully saturated rings. The van der Waals surface area contributed by atoms with E-state index in [4.69, 9.17) is 4.74 Å².